The van der Waals surface area contributed by atoms with Crippen molar-refractivity contribution in [2.45, 2.75) is 50.9 Å². The molecule has 2 aromatic rings. The number of nitrogens with zero attached hydrogens (tertiary/aromatic N) is 5. The largest absolute Gasteiger partial charge is 0.382 e. The molecule has 39 heavy (non-hydrogen) atoms. The van der Waals surface area contributed by atoms with E-state index in [4.69, 9.17) is 34.7 Å². The molecule has 13 heteroatoms. The Kier molecular flexibility index (Phi) is 9.50. The number of aliphatic hydroxyl groups excluding tert-OH is 1. The number of amides is 2. The van der Waals surface area contributed by atoms with E-state index < -0.39 is 17.9 Å². The number of likely N-dealkylation sites (tertiary alicyclic amines) is 1. The summed E-state index contributed by atoms with van der Waals surface area (Å²) in [5, 5.41) is 13.6. The van der Waals surface area contributed by atoms with Gasteiger partial charge in [0.15, 0.2) is 28.6 Å². The molecule has 2 amide bonds. The van der Waals surface area contributed by atoms with Crippen molar-refractivity contribution in [1.29, 1.82) is 0 Å². The third-order valence-corrected chi connectivity index (χ3v) is 8.20. The van der Waals surface area contributed by atoms with E-state index in [1.807, 2.05) is 6.07 Å². The van der Waals surface area contributed by atoms with Gasteiger partial charge < -0.3 is 26.8 Å². The lowest BCUT2D eigenvalue weighted by molar-refractivity contribution is -0.129. The summed E-state index contributed by atoms with van der Waals surface area (Å²) in [7, 11) is 1.50. The van der Waals surface area contributed by atoms with Gasteiger partial charge >= 0.3 is 0 Å². The number of primary amides is 1. The predicted octanol–water partition coefficient (Wildman–Crippen LogP) is 1.81. The van der Waals surface area contributed by atoms with Crippen molar-refractivity contribution in [2.24, 2.45) is 5.73 Å². The number of nitrogen functional groups attached to an aromatic ring is 1. The van der Waals surface area contributed by atoms with Crippen LogP contribution in [-0.2, 0) is 11.3 Å². The molecule has 4 rings (SSSR count). The Morgan fingerprint density at radius 1 is 1.18 bits per heavy atom. The monoisotopic (exact) mass is 578 g/mol. The molecule has 2 fully saturated rings. The van der Waals surface area contributed by atoms with Crippen LogP contribution in [-0.4, -0.2) is 88.5 Å². The number of nitrogens with one attached hydrogen (secondary N) is 1. The molecule has 1 aromatic carbocycles. The molecule has 2 saturated heterocycles. The highest BCUT2D eigenvalue weighted by molar-refractivity contribution is 6.32. The number of halogens is 2. The first-order valence-electron chi connectivity index (χ1n) is 13.2. The molecule has 0 bridgehead atoms. The Bertz CT molecular complexity index is 1210. The average Bonchev–Trinajstić information content (AvgIpc) is 2.94. The smallest absolute Gasteiger partial charge is 0.271 e. The first kappa shape index (κ1) is 29.3. The van der Waals surface area contributed by atoms with E-state index in [0.29, 0.717) is 41.6 Å². The van der Waals surface area contributed by atoms with Crippen LogP contribution in [0.2, 0.25) is 10.2 Å². The van der Waals surface area contributed by atoms with Crippen LogP contribution in [0.1, 0.15) is 53.9 Å². The summed E-state index contributed by atoms with van der Waals surface area (Å²) in [6.07, 6.45) is 1.72. The van der Waals surface area contributed by atoms with Crippen LogP contribution < -0.4 is 21.7 Å². The third kappa shape index (κ3) is 6.55. The fourth-order valence-corrected chi connectivity index (χ4v) is 6.03. The minimum Gasteiger partial charge on any atom is -0.382 e. The average molecular weight is 580 g/mol. The van der Waals surface area contributed by atoms with Gasteiger partial charge in [0, 0.05) is 50.3 Å². The fourth-order valence-electron chi connectivity index (χ4n) is 5.60. The van der Waals surface area contributed by atoms with E-state index in [0.717, 1.165) is 51.0 Å². The van der Waals surface area contributed by atoms with Gasteiger partial charge in [0.1, 0.15) is 0 Å². The number of aromatic nitrogens is 2. The first-order chi connectivity index (χ1) is 18.6. The zero-order valence-corrected chi connectivity index (χ0v) is 23.8. The number of carbonyl (C=O) groups is 2. The number of carbonyl (C=O) groups excluding carboxylic acids is 2. The minimum absolute atomic E-state index is 0.0172. The number of piperazine rings is 1. The minimum atomic E-state index is -1.26. The zero-order chi connectivity index (χ0) is 28.3. The van der Waals surface area contributed by atoms with Crippen LogP contribution in [0.4, 0.5) is 11.6 Å². The van der Waals surface area contributed by atoms with E-state index >= 15 is 0 Å². The molecule has 2 aliphatic heterocycles. The summed E-state index contributed by atoms with van der Waals surface area (Å²) in [5.74, 6) is -0.757. The maximum absolute atomic E-state index is 12.1. The van der Waals surface area contributed by atoms with Gasteiger partial charge in [0.2, 0.25) is 0 Å². The number of anilines is 2. The summed E-state index contributed by atoms with van der Waals surface area (Å²) in [6.45, 7) is 6.91. The lowest BCUT2D eigenvalue weighted by atomic mass is 9.96. The van der Waals surface area contributed by atoms with E-state index in [-0.39, 0.29) is 16.7 Å². The molecule has 0 aliphatic carbocycles. The second-order valence-electron chi connectivity index (χ2n) is 10.0. The molecule has 2 atom stereocenters. The molecule has 0 spiro atoms. The predicted molar refractivity (Wildman–Crippen MR) is 152 cm³/mol. The van der Waals surface area contributed by atoms with Gasteiger partial charge in [-0.2, -0.15) is 0 Å². The molecular weight excluding hydrogens is 543 g/mol. The molecule has 6 N–H and O–H groups in total. The lowest BCUT2D eigenvalue weighted by Crippen LogP contribution is -2.58. The summed E-state index contributed by atoms with van der Waals surface area (Å²) in [5.41, 5.74) is 12.6. The number of hydrogen-bond donors (Lipinski definition) is 4. The summed E-state index contributed by atoms with van der Waals surface area (Å²) >= 11 is 12.5. The van der Waals surface area contributed by atoms with Gasteiger partial charge in [-0.3, -0.25) is 19.4 Å². The van der Waals surface area contributed by atoms with Gasteiger partial charge in [-0.25, -0.2) is 9.97 Å². The highest BCUT2D eigenvalue weighted by Gasteiger charge is 2.34. The van der Waals surface area contributed by atoms with Crippen LogP contribution in [0.25, 0.3) is 0 Å². The summed E-state index contributed by atoms with van der Waals surface area (Å²) in [6, 6.07) is 6.09. The molecule has 0 saturated carbocycles. The van der Waals surface area contributed by atoms with Crippen LogP contribution in [0.5, 0.6) is 0 Å². The Hall–Kier alpha value is -2.70. The third-order valence-electron chi connectivity index (χ3n) is 7.71. The fraction of sp³-hybridized carbons (Fsp3) is 0.538. The van der Waals surface area contributed by atoms with Gasteiger partial charge in [-0.15, -0.1) is 0 Å². The standard InChI is InChI=1S/C26H36Cl2N8O3/c1-3-17-14-35(25-22(28)32-20(24(30)38)23(29)33-25)10-11-36(17)18-6-8-34(9-7-18)13-15-4-5-16(27)12-19(15)21(37)26(39)31-2/h4-5,12,17-18,21,37H,3,6-11,13-14H2,1-2H3,(H2,29,33)(H2,30,38)(H,31,39)/t17-,21+/m0/s1. The lowest BCUT2D eigenvalue weighted by Gasteiger charge is -2.47. The molecule has 212 valence electrons. The molecule has 1 aromatic heterocycles. The SMILES string of the molecule is CC[C@H]1CN(c2nc(N)c(C(N)=O)nc2Cl)CCN1C1CCN(Cc2ccc(Cl)cc2[C@@H](O)C(=O)NC)CC1. The van der Waals surface area contributed by atoms with E-state index in [1.165, 1.54) is 7.05 Å². The molecule has 0 unspecified atom stereocenters. The molecule has 3 heterocycles. The van der Waals surface area contributed by atoms with E-state index in [2.05, 4.69) is 36.9 Å². The van der Waals surface area contributed by atoms with Crippen molar-refractivity contribution < 1.29 is 14.7 Å². The van der Waals surface area contributed by atoms with E-state index in [9.17, 15) is 14.7 Å². The topological polar surface area (TPSA) is 154 Å². The van der Waals surface area contributed by atoms with Crippen molar-refractivity contribution in [3.05, 3.63) is 45.2 Å². The van der Waals surface area contributed by atoms with Crippen molar-refractivity contribution >= 4 is 46.7 Å². The van der Waals surface area contributed by atoms with Crippen molar-refractivity contribution in [1.82, 2.24) is 25.1 Å². The van der Waals surface area contributed by atoms with Crippen molar-refractivity contribution in [3.63, 3.8) is 0 Å². The Morgan fingerprint density at radius 2 is 1.90 bits per heavy atom. The van der Waals surface area contributed by atoms with Gasteiger partial charge in [0.05, 0.1) is 0 Å². The number of benzene rings is 1. The molecule has 2 aliphatic rings. The quantitative estimate of drug-likeness (QED) is 0.367. The number of aliphatic hydroxyl groups is 1. The van der Waals surface area contributed by atoms with Gasteiger partial charge in [-0.1, -0.05) is 36.2 Å². The van der Waals surface area contributed by atoms with Gasteiger partial charge in [0.25, 0.3) is 11.8 Å². The number of piperidine rings is 1. The Balaban J connectivity index is 1.38. The maximum Gasteiger partial charge on any atom is 0.271 e. The van der Waals surface area contributed by atoms with Crippen LogP contribution in [0.3, 0.4) is 0 Å². The maximum atomic E-state index is 12.1. The number of hydrogen-bond acceptors (Lipinski definition) is 9. The van der Waals surface area contributed by atoms with Crippen LogP contribution in [0, 0.1) is 0 Å². The Labute approximate surface area is 238 Å². The second kappa shape index (κ2) is 12.6. The van der Waals surface area contributed by atoms with Crippen molar-refractivity contribution in [2.75, 3.05) is 50.4 Å². The number of nitrogens with two attached hydrogens (primary N) is 2. The van der Waals surface area contributed by atoms with Gasteiger partial charge in [-0.05, 0) is 55.6 Å². The number of rotatable bonds is 8. The normalized spacial score (nSPS) is 20.1. The van der Waals surface area contributed by atoms with Crippen LogP contribution in [0.15, 0.2) is 18.2 Å². The molecular formula is C26H36Cl2N8O3. The highest BCUT2D eigenvalue weighted by atomic mass is 35.5. The Morgan fingerprint density at radius 3 is 2.54 bits per heavy atom. The first-order valence-corrected chi connectivity index (χ1v) is 13.9. The zero-order valence-electron chi connectivity index (χ0n) is 22.2. The van der Waals surface area contributed by atoms with E-state index in [1.54, 1.807) is 12.1 Å². The van der Waals surface area contributed by atoms with Crippen LogP contribution >= 0.6 is 23.2 Å². The summed E-state index contributed by atoms with van der Waals surface area (Å²) < 4.78 is 0. The van der Waals surface area contributed by atoms with Crippen molar-refractivity contribution in [3.8, 4) is 0 Å². The molecule has 0 radical (unpaired) electrons. The number of likely N-dealkylation sites (N-methyl/N-ethyl adjacent to an activating group) is 1. The molecule has 11 nitrogen and oxygen atoms in total. The second-order valence-corrected chi connectivity index (χ2v) is 10.8. The highest BCUT2D eigenvalue weighted by Crippen LogP contribution is 2.30. The summed E-state index contributed by atoms with van der Waals surface area (Å²) in [4.78, 5) is 39.0.